The molecule has 196 valence electrons. The fraction of sp³-hybridized carbons (Fsp3) is 0.724. The second kappa shape index (κ2) is 15.2. The number of rotatable bonds is 1. The van der Waals surface area contributed by atoms with Crippen LogP contribution in [0.1, 0.15) is 114 Å². The van der Waals surface area contributed by atoms with Crippen molar-refractivity contribution >= 4 is 0 Å². The Kier molecular flexibility index (Phi) is 15.3. The molecular formula is C29H54N4O. The summed E-state index contributed by atoms with van der Waals surface area (Å²) in [6.45, 7) is 30.9. The van der Waals surface area contributed by atoms with Gasteiger partial charge in [0.25, 0.3) is 0 Å². The molecule has 5 nitrogen and oxygen atoms in total. The van der Waals surface area contributed by atoms with Crippen molar-refractivity contribution in [3.8, 4) is 0 Å². The summed E-state index contributed by atoms with van der Waals surface area (Å²) in [6.07, 6.45) is 6.49. The van der Waals surface area contributed by atoms with E-state index in [-0.39, 0.29) is 10.8 Å². The van der Waals surface area contributed by atoms with Crippen molar-refractivity contribution < 1.29 is 4.74 Å². The zero-order valence-corrected chi connectivity index (χ0v) is 25.0. The van der Waals surface area contributed by atoms with Gasteiger partial charge < -0.3 is 4.74 Å². The summed E-state index contributed by atoms with van der Waals surface area (Å²) in [4.78, 5) is 8.18. The highest BCUT2D eigenvalue weighted by atomic mass is 16.5. The summed E-state index contributed by atoms with van der Waals surface area (Å²) in [5, 5.41) is 8.10. The number of hydrogen-bond acceptors (Lipinski definition) is 5. The number of nitrogens with zero attached hydrogens (tertiary/aromatic N) is 4. The van der Waals surface area contributed by atoms with Gasteiger partial charge in [-0.2, -0.15) is 10.2 Å². The van der Waals surface area contributed by atoms with Crippen LogP contribution in [0.2, 0.25) is 0 Å². The van der Waals surface area contributed by atoms with Gasteiger partial charge in [0.1, 0.15) is 0 Å². The zero-order chi connectivity index (χ0) is 27.2. The molecule has 2 aromatic rings. The normalized spacial score (nSPS) is 11.7. The number of ether oxygens (including phenoxy) is 1. The molecule has 0 saturated heterocycles. The molecule has 2 aromatic heterocycles. The summed E-state index contributed by atoms with van der Waals surface area (Å²) in [5.74, 6) is 0. The molecule has 0 radical (unpaired) electrons. The molecule has 0 saturated carbocycles. The second-order valence-electron chi connectivity index (χ2n) is 13.1. The Morgan fingerprint density at radius 2 is 1.21 bits per heavy atom. The van der Waals surface area contributed by atoms with E-state index >= 15 is 0 Å². The Bertz CT molecular complexity index is 744. The minimum atomic E-state index is 0.112. The van der Waals surface area contributed by atoms with Gasteiger partial charge in [-0.3, -0.25) is 9.97 Å². The van der Waals surface area contributed by atoms with Crippen molar-refractivity contribution in [2.45, 2.75) is 114 Å². The minimum Gasteiger partial charge on any atom is -0.384 e. The van der Waals surface area contributed by atoms with Crippen LogP contribution in [0.3, 0.4) is 0 Å². The van der Waals surface area contributed by atoms with Gasteiger partial charge in [0.2, 0.25) is 0 Å². The van der Waals surface area contributed by atoms with Crippen molar-refractivity contribution in [2.75, 3.05) is 13.7 Å². The lowest BCUT2D eigenvalue weighted by atomic mass is 9.92. The van der Waals surface area contributed by atoms with Gasteiger partial charge in [-0.1, -0.05) is 96.4 Å². The first kappa shape index (κ1) is 34.3. The first-order valence-electron chi connectivity index (χ1n) is 12.3. The van der Waals surface area contributed by atoms with Crippen molar-refractivity contribution in [3.63, 3.8) is 0 Å². The molecule has 0 aliphatic heterocycles. The van der Waals surface area contributed by atoms with E-state index in [9.17, 15) is 0 Å². The molecule has 0 unspecified atom stereocenters. The highest BCUT2D eigenvalue weighted by molar-refractivity contribution is 5.13. The number of aryl methyl sites for hydroxylation is 1. The van der Waals surface area contributed by atoms with E-state index in [0.29, 0.717) is 10.8 Å². The van der Waals surface area contributed by atoms with Gasteiger partial charge in [0.15, 0.2) is 0 Å². The van der Waals surface area contributed by atoms with Crippen LogP contribution in [0, 0.1) is 17.8 Å². The van der Waals surface area contributed by atoms with Crippen LogP contribution in [0.4, 0.5) is 0 Å². The topological polar surface area (TPSA) is 60.8 Å². The van der Waals surface area contributed by atoms with Crippen LogP contribution in [-0.4, -0.2) is 33.9 Å². The Hall–Kier alpha value is -1.88. The smallest absolute Gasteiger partial charge is 0.0684 e. The Morgan fingerprint density at radius 1 is 0.706 bits per heavy atom. The van der Waals surface area contributed by atoms with Crippen LogP contribution in [0.15, 0.2) is 30.7 Å². The van der Waals surface area contributed by atoms with Gasteiger partial charge in [0.05, 0.1) is 23.7 Å². The van der Waals surface area contributed by atoms with Crippen LogP contribution < -0.4 is 0 Å². The van der Waals surface area contributed by atoms with Gasteiger partial charge in [-0.15, -0.1) is 0 Å². The summed E-state index contributed by atoms with van der Waals surface area (Å²) in [5.41, 5.74) is 4.15. The van der Waals surface area contributed by atoms with E-state index in [4.69, 9.17) is 4.74 Å². The maximum Gasteiger partial charge on any atom is 0.0684 e. The third-order valence-corrected chi connectivity index (χ3v) is 4.54. The summed E-state index contributed by atoms with van der Waals surface area (Å²) in [6, 6.07) is 4.02. The predicted octanol–water partition coefficient (Wildman–Crippen LogP) is 7.98. The minimum absolute atomic E-state index is 0.112. The molecular weight excluding hydrogens is 420 g/mol. The van der Waals surface area contributed by atoms with Crippen LogP contribution >= 0.6 is 0 Å². The van der Waals surface area contributed by atoms with E-state index in [1.165, 1.54) is 6.42 Å². The van der Waals surface area contributed by atoms with Crippen molar-refractivity contribution in [2.24, 2.45) is 10.8 Å². The monoisotopic (exact) mass is 474 g/mol. The van der Waals surface area contributed by atoms with Crippen molar-refractivity contribution in [3.05, 3.63) is 47.8 Å². The molecule has 0 aliphatic rings. The Morgan fingerprint density at radius 3 is 1.41 bits per heavy atom. The summed E-state index contributed by atoms with van der Waals surface area (Å²) in [7, 11) is 1.73. The fourth-order valence-corrected chi connectivity index (χ4v) is 1.92. The quantitative estimate of drug-likeness (QED) is 0.419. The highest BCUT2D eigenvalue weighted by Crippen LogP contribution is 2.19. The van der Waals surface area contributed by atoms with Gasteiger partial charge in [-0.05, 0) is 29.9 Å². The molecule has 0 bridgehead atoms. The third kappa shape index (κ3) is 20.7. The average molecular weight is 475 g/mol. The van der Waals surface area contributed by atoms with E-state index < -0.39 is 0 Å². The lowest BCUT2D eigenvalue weighted by Crippen LogP contribution is -2.14. The van der Waals surface area contributed by atoms with Gasteiger partial charge in [0, 0.05) is 36.5 Å². The maximum absolute atomic E-state index is 4.91. The highest BCUT2D eigenvalue weighted by Gasteiger charge is 2.15. The molecule has 34 heavy (non-hydrogen) atoms. The second-order valence-corrected chi connectivity index (χ2v) is 13.1. The standard InChI is InChI=1S/C9H14N2.C8H12N2.C6H14O.C6H14/c1-7-5-6-8(11-10-7)9(2,3)4;1-8(2,3)7-6-9-4-5-10-7;1-6(2,3)5-7-4;1-5-6(2,3)4/h5-6H,1-4H3;4-6H,1-3H3;5H2,1-4H3;5H2,1-4H3. The van der Waals surface area contributed by atoms with Crippen LogP contribution in [-0.2, 0) is 15.6 Å². The number of hydrogen-bond donors (Lipinski definition) is 0. The molecule has 0 N–H and O–H groups in total. The van der Waals surface area contributed by atoms with E-state index in [0.717, 1.165) is 23.7 Å². The maximum atomic E-state index is 4.91. The summed E-state index contributed by atoms with van der Waals surface area (Å²) >= 11 is 0. The van der Waals surface area contributed by atoms with E-state index in [1.807, 2.05) is 19.1 Å². The van der Waals surface area contributed by atoms with Gasteiger partial charge >= 0.3 is 0 Å². The van der Waals surface area contributed by atoms with Crippen molar-refractivity contribution in [1.29, 1.82) is 0 Å². The molecule has 0 fully saturated rings. The lowest BCUT2D eigenvalue weighted by Gasteiger charge is -2.15. The summed E-state index contributed by atoms with van der Waals surface area (Å²) < 4.78 is 4.91. The first-order valence-corrected chi connectivity index (χ1v) is 12.3. The van der Waals surface area contributed by atoms with Crippen LogP contribution in [0.25, 0.3) is 0 Å². The Balaban J connectivity index is 0. The third-order valence-electron chi connectivity index (χ3n) is 4.54. The molecule has 2 rings (SSSR count). The molecule has 0 aromatic carbocycles. The Labute approximate surface area is 211 Å². The zero-order valence-electron chi connectivity index (χ0n) is 25.0. The average Bonchev–Trinajstić information content (AvgIpc) is 2.68. The molecule has 5 heteroatoms. The number of aromatic nitrogens is 4. The predicted molar refractivity (Wildman–Crippen MR) is 147 cm³/mol. The molecule has 0 amide bonds. The lowest BCUT2D eigenvalue weighted by molar-refractivity contribution is 0.116. The van der Waals surface area contributed by atoms with Crippen molar-refractivity contribution in [1.82, 2.24) is 20.2 Å². The van der Waals surface area contributed by atoms with E-state index in [2.05, 4.69) is 110 Å². The molecule has 0 aliphatic carbocycles. The molecule has 0 atom stereocenters. The van der Waals surface area contributed by atoms with E-state index in [1.54, 1.807) is 25.7 Å². The van der Waals surface area contributed by atoms with Gasteiger partial charge in [-0.25, -0.2) is 0 Å². The molecule has 2 heterocycles. The fourth-order valence-electron chi connectivity index (χ4n) is 1.92. The number of methoxy groups -OCH3 is 1. The first-order chi connectivity index (χ1) is 15.2. The largest absolute Gasteiger partial charge is 0.384 e. The van der Waals surface area contributed by atoms with Crippen LogP contribution in [0.5, 0.6) is 0 Å². The molecule has 0 spiro atoms. The SMILES string of the molecule is CC(C)(C)c1cnccn1.CCC(C)(C)C.COCC(C)(C)C.Cc1ccc(C(C)(C)C)nn1.